The largest absolute Gasteiger partial charge is 0.456 e. The molecule has 0 bridgehead atoms. The molecule has 41 heavy (non-hydrogen) atoms. The molecule has 0 spiro atoms. The average Bonchev–Trinajstić information content (AvgIpc) is 3.44. The number of rotatable bonds is 4. The fourth-order valence-corrected chi connectivity index (χ4v) is 5.76. The van der Waals surface area contributed by atoms with Crippen LogP contribution in [0.25, 0.3) is 77.6 Å². The summed E-state index contributed by atoms with van der Waals surface area (Å²) in [6.45, 7) is 0. The van der Waals surface area contributed by atoms with Gasteiger partial charge in [-0.15, -0.1) is 0 Å². The van der Waals surface area contributed by atoms with E-state index in [1.54, 1.807) is 0 Å². The van der Waals surface area contributed by atoms with Crippen LogP contribution in [0.1, 0.15) is 0 Å². The number of hydrogen-bond acceptors (Lipinski definition) is 3. The molecule has 0 saturated heterocycles. The lowest BCUT2D eigenvalue weighted by molar-refractivity contribution is 0.669. The van der Waals surface area contributed by atoms with Gasteiger partial charge in [0, 0.05) is 33.5 Å². The Morgan fingerprint density at radius 3 is 2.07 bits per heavy atom. The van der Waals surface area contributed by atoms with E-state index in [0.717, 1.165) is 72.0 Å². The molecule has 0 aliphatic heterocycles. The van der Waals surface area contributed by atoms with Crippen LogP contribution in [0, 0.1) is 0 Å². The molecule has 0 saturated carbocycles. The summed E-state index contributed by atoms with van der Waals surface area (Å²) >= 11 is 0. The van der Waals surface area contributed by atoms with Crippen LogP contribution in [0.3, 0.4) is 0 Å². The summed E-state index contributed by atoms with van der Waals surface area (Å²) in [5.74, 6) is 0. The van der Waals surface area contributed by atoms with Gasteiger partial charge in [-0.2, -0.15) is 0 Å². The first-order chi connectivity index (χ1) is 20.3. The number of aromatic nitrogens is 2. The van der Waals surface area contributed by atoms with E-state index in [-0.39, 0.29) is 0 Å². The minimum absolute atomic E-state index is 0.898. The Kier molecular flexibility index (Phi) is 5.46. The number of hydrogen-bond donors (Lipinski definition) is 0. The number of para-hydroxylation sites is 1. The van der Waals surface area contributed by atoms with Gasteiger partial charge >= 0.3 is 0 Å². The number of benzene rings is 5. The zero-order chi connectivity index (χ0) is 27.2. The van der Waals surface area contributed by atoms with Gasteiger partial charge in [-0.3, -0.25) is 4.98 Å². The molecule has 0 N–H and O–H groups in total. The number of pyridine rings is 2. The first-order valence-electron chi connectivity index (χ1n) is 13.7. The third-order valence-corrected chi connectivity index (χ3v) is 7.74. The Balaban J connectivity index is 1.24. The fourth-order valence-electron chi connectivity index (χ4n) is 5.76. The van der Waals surface area contributed by atoms with Crippen LogP contribution < -0.4 is 0 Å². The fraction of sp³-hybridized carbons (Fsp3) is 0. The Labute approximate surface area is 237 Å². The van der Waals surface area contributed by atoms with Crippen LogP contribution in [-0.2, 0) is 0 Å². The van der Waals surface area contributed by atoms with E-state index >= 15 is 0 Å². The van der Waals surface area contributed by atoms with Crippen molar-refractivity contribution in [2.24, 2.45) is 0 Å². The molecule has 0 atom stereocenters. The van der Waals surface area contributed by atoms with Crippen LogP contribution in [0.2, 0.25) is 0 Å². The summed E-state index contributed by atoms with van der Waals surface area (Å²) < 4.78 is 6.12. The maximum Gasteiger partial charge on any atom is 0.136 e. The maximum atomic E-state index is 6.12. The van der Waals surface area contributed by atoms with Crippen molar-refractivity contribution in [1.29, 1.82) is 0 Å². The molecule has 0 radical (unpaired) electrons. The van der Waals surface area contributed by atoms with Crippen molar-refractivity contribution in [2.45, 2.75) is 0 Å². The lowest BCUT2D eigenvalue weighted by atomic mass is 9.97. The molecule has 8 rings (SSSR count). The summed E-state index contributed by atoms with van der Waals surface area (Å²) in [4.78, 5) is 9.91. The molecular formula is C38H24N2O. The highest BCUT2D eigenvalue weighted by molar-refractivity contribution is 6.12. The second-order valence-electron chi connectivity index (χ2n) is 10.2. The van der Waals surface area contributed by atoms with Crippen molar-refractivity contribution in [3.05, 3.63) is 146 Å². The highest BCUT2D eigenvalue weighted by Crippen LogP contribution is 2.38. The van der Waals surface area contributed by atoms with Crippen molar-refractivity contribution < 1.29 is 4.42 Å². The summed E-state index contributed by atoms with van der Waals surface area (Å²) in [5.41, 5.74) is 11.3. The molecule has 0 fully saturated rings. The molecule has 3 heteroatoms. The SMILES string of the molecule is c1ccc(-c2cccc(-c3nc(-c4ccc(-c5cccc6oc7ccccc7c56)cc4)cc4ncccc34)c2)cc1. The van der Waals surface area contributed by atoms with Gasteiger partial charge in [-0.1, -0.05) is 103 Å². The van der Waals surface area contributed by atoms with Crippen LogP contribution in [0.4, 0.5) is 0 Å². The Hall–Kier alpha value is -5.54. The van der Waals surface area contributed by atoms with Gasteiger partial charge < -0.3 is 4.42 Å². The number of fused-ring (bicyclic) bond motifs is 4. The topological polar surface area (TPSA) is 38.9 Å². The summed E-state index contributed by atoms with van der Waals surface area (Å²) in [6.07, 6.45) is 1.84. The minimum Gasteiger partial charge on any atom is -0.456 e. The molecule has 5 aromatic carbocycles. The Bertz CT molecular complexity index is 2200. The molecule has 3 nitrogen and oxygen atoms in total. The zero-order valence-corrected chi connectivity index (χ0v) is 22.2. The number of furan rings is 1. The quantitative estimate of drug-likeness (QED) is 0.230. The van der Waals surface area contributed by atoms with Crippen molar-refractivity contribution >= 4 is 32.8 Å². The van der Waals surface area contributed by atoms with E-state index in [1.807, 2.05) is 36.5 Å². The molecule has 0 unspecified atom stereocenters. The van der Waals surface area contributed by atoms with Gasteiger partial charge in [0.15, 0.2) is 0 Å². The van der Waals surface area contributed by atoms with E-state index < -0.39 is 0 Å². The van der Waals surface area contributed by atoms with E-state index in [4.69, 9.17) is 14.4 Å². The van der Waals surface area contributed by atoms with Crippen molar-refractivity contribution in [3.63, 3.8) is 0 Å². The van der Waals surface area contributed by atoms with Gasteiger partial charge in [-0.25, -0.2) is 4.98 Å². The summed E-state index contributed by atoms with van der Waals surface area (Å²) in [6, 6.07) is 48.3. The van der Waals surface area contributed by atoms with Gasteiger partial charge in [-0.05, 0) is 58.7 Å². The average molecular weight is 525 g/mol. The second kappa shape index (κ2) is 9.58. The Morgan fingerprint density at radius 2 is 1.17 bits per heavy atom. The first-order valence-corrected chi connectivity index (χ1v) is 13.7. The first kappa shape index (κ1) is 23.4. The van der Waals surface area contributed by atoms with E-state index in [9.17, 15) is 0 Å². The molecule has 0 aliphatic carbocycles. The normalized spacial score (nSPS) is 11.4. The molecule has 0 aliphatic rings. The van der Waals surface area contributed by atoms with Crippen LogP contribution in [0.5, 0.6) is 0 Å². The number of nitrogens with zero attached hydrogens (tertiary/aromatic N) is 2. The second-order valence-corrected chi connectivity index (χ2v) is 10.2. The van der Waals surface area contributed by atoms with Gasteiger partial charge in [0.1, 0.15) is 11.2 Å². The van der Waals surface area contributed by atoms with Crippen molar-refractivity contribution in [3.8, 4) is 44.8 Å². The molecule has 192 valence electrons. The molecule has 8 aromatic rings. The van der Waals surface area contributed by atoms with Crippen LogP contribution in [0.15, 0.2) is 150 Å². The van der Waals surface area contributed by atoms with E-state index in [0.29, 0.717) is 0 Å². The van der Waals surface area contributed by atoms with Crippen molar-refractivity contribution in [1.82, 2.24) is 9.97 Å². The third-order valence-electron chi connectivity index (χ3n) is 7.74. The van der Waals surface area contributed by atoms with Gasteiger partial charge in [0.25, 0.3) is 0 Å². The predicted octanol–water partition coefficient (Wildman–Crippen LogP) is 10.2. The van der Waals surface area contributed by atoms with E-state index in [2.05, 4.69) is 109 Å². The third kappa shape index (κ3) is 4.07. The highest BCUT2D eigenvalue weighted by atomic mass is 16.3. The highest BCUT2D eigenvalue weighted by Gasteiger charge is 2.14. The summed E-state index contributed by atoms with van der Waals surface area (Å²) in [7, 11) is 0. The monoisotopic (exact) mass is 524 g/mol. The minimum atomic E-state index is 0.898. The Morgan fingerprint density at radius 1 is 0.463 bits per heavy atom. The summed E-state index contributed by atoms with van der Waals surface area (Å²) in [5, 5.41) is 3.31. The zero-order valence-electron chi connectivity index (χ0n) is 22.2. The van der Waals surface area contributed by atoms with Gasteiger partial charge in [0.2, 0.25) is 0 Å². The van der Waals surface area contributed by atoms with Crippen molar-refractivity contribution in [2.75, 3.05) is 0 Å². The smallest absolute Gasteiger partial charge is 0.136 e. The molecule has 0 amide bonds. The lowest BCUT2D eigenvalue weighted by Gasteiger charge is -2.12. The predicted molar refractivity (Wildman–Crippen MR) is 169 cm³/mol. The van der Waals surface area contributed by atoms with Crippen LogP contribution in [-0.4, -0.2) is 9.97 Å². The van der Waals surface area contributed by atoms with E-state index in [1.165, 1.54) is 5.56 Å². The molecular weight excluding hydrogens is 500 g/mol. The van der Waals surface area contributed by atoms with Gasteiger partial charge in [0.05, 0.1) is 16.9 Å². The standard InChI is InChI=1S/C38H24N2O/c1-2-9-25(10-3-1)28-11-6-12-29(23-28)38-31-15-8-22-39-34(31)24-33(40-38)27-20-18-26(19-21-27)30-14-7-17-36-37(30)32-13-4-5-16-35(32)41-36/h1-24H. The lowest BCUT2D eigenvalue weighted by Crippen LogP contribution is -1.93. The maximum absolute atomic E-state index is 6.12. The molecule has 3 heterocycles. The van der Waals surface area contributed by atoms with Crippen LogP contribution >= 0.6 is 0 Å². The molecule has 3 aromatic heterocycles.